The lowest BCUT2D eigenvalue weighted by molar-refractivity contribution is -0.137. The maximum atomic E-state index is 12.1. The van der Waals surface area contributed by atoms with Gasteiger partial charge >= 0.3 is 0 Å². The van der Waals surface area contributed by atoms with Crippen LogP contribution in [0.4, 0.5) is 5.69 Å². The SMILES string of the molecule is Cc1cc(NC2=CC(=O)N(CCO)C2=O)c(Br)c(C)c1Br. The van der Waals surface area contributed by atoms with E-state index in [9.17, 15) is 9.59 Å². The smallest absolute Gasteiger partial charge is 0.277 e. The Bertz CT molecular complexity index is 656. The molecular formula is C14H14Br2N2O3. The first-order chi connectivity index (χ1) is 9.86. The molecule has 0 aliphatic carbocycles. The normalized spacial score (nSPS) is 14.7. The topological polar surface area (TPSA) is 69.6 Å². The largest absolute Gasteiger partial charge is 0.395 e. The van der Waals surface area contributed by atoms with Crippen molar-refractivity contribution in [2.75, 3.05) is 18.5 Å². The van der Waals surface area contributed by atoms with Crippen molar-refractivity contribution in [3.8, 4) is 0 Å². The fourth-order valence-electron chi connectivity index (χ4n) is 2.08. The second-order valence-electron chi connectivity index (χ2n) is 4.70. The van der Waals surface area contributed by atoms with Crippen LogP contribution in [-0.4, -0.2) is 35.0 Å². The van der Waals surface area contributed by atoms with Crippen molar-refractivity contribution < 1.29 is 14.7 Å². The second kappa shape index (κ2) is 6.29. The predicted octanol–water partition coefficient (Wildman–Crippen LogP) is 2.49. The molecule has 1 aliphatic heterocycles. The highest BCUT2D eigenvalue weighted by Gasteiger charge is 2.31. The molecule has 0 radical (unpaired) electrons. The molecule has 0 spiro atoms. The van der Waals surface area contributed by atoms with Crippen LogP contribution in [0, 0.1) is 13.8 Å². The number of rotatable bonds is 4. The van der Waals surface area contributed by atoms with Crippen LogP contribution in [-0.2, 0) is 9.59 Å². The first-order valence-electron chi connectivity index (χ1n) is 6.27. The minimum absolute atomic E-state index is 0.00108. The van der Waals surface area contributed by atoms with Crippen molar-refractivity contribution in [1.29, 1.82) is 0 Å². The van der Waals surface area contributed by atoms with Crippen LogP contribution in [0.1, 0.15) is 11.1 Å². The van der Waals surface area contributed by atoms with Gasteiger partial charge in [0.2, 0.25) is 0 Å². The maximum absolute atomic E-state index is 12.1. The van der Waals surface area contributed by atoms with E-state index in [-0.39, 0.29) is 18.8 Å². The maximum Gasteiger partial charge on any atom is 0.277 e. The van der Waals surface area contributed by atoms with Crippen molar-refractivity contribution >= 4 is 49.4 Å². The minimum Gasteiger partial charge on any atom is -0.395 e. The summed E-state index contributed by atoms with van der Waals surface area (Å²) >= 11 is 6.98. The number of nitrogens with zero attached hydrogens (tertiary/aromatic N) is 1. The number of amides is 2. The number of hydrogen-bond acceptors (Lipinski definition) is 4. The van der Waals surface area contributed by atoms with Gasteiger partial charge in [0.05, 0.1) is 18.8 Å². The molecule has 21 heavy (non-hydrogen) atoms. The number of β-amino-alcohol motifs (C(OH)–C–C–N with tert-alkyl or cyclic N) is 1. The summed E-state index contributed by atoms with van der Waals surface area (Å²) in [5.74, 6) is -0.850. The highest BCUT2D eigenvalue weighted by molar-refractivity contribution is 9.11. The van der Waals surface area contributed by atoms with Crippen molar-refractivity contribution in [2.45, 2.75) is 13.8 Å². The van der Waals surface area contributed by atoms with Crippen LogP contribution in [0.2, 0.25) is 0 Å². The van der Waals surface area contributed by atoms with Gasteiger partial charge in [-0.05, 0) is 47.0 Å². The van der Waals surface area contributed by atoms with Crippen LogP contribution in [0.25, 0.3) is 0 Å². The van der Waals surface area contributed by atoms with Gasteiger partial charge in [-0.1, -0.05) is 15.9 Å². The van der Waals surface area contributed by atoms with E-state index in [1.165, 1.54) is 6.08 Å². The van der Waals surface area contributed by atoms with E-state index in [0.29, 0.717) is 5.69 Å². The Morgan fingerprint density at radius 3 is 2.52 bits per heavy atom. The Hall–Kier alpha value is -1.18. The van der Waals surface area contributed by atoms with Crippen LogP contribution in [0.15, 0.2) is 26.8 Å². The van der Waals surface area contributed by atoms with Gasteiger partial charge in [0, 0.05) is 15.0 Å². The summed E-state index contributed by atoms with van der Waals surface area (Å²) < 4.78 is 1.81. The molecule has 0 bridgehead atoms. The number of hydrogen-bond donors (Lipinski definition) is 2. The summed E-state index contributed by atoms with van der Waals surface area (Å²) in [6.07, 6.45) is 1.25. The lowest BCUT2D eigenvalue weighted by Gasteiger charge is -2.16. The van der Waals surface area contributed by atoms with Crippen LogP contribution in [0.3, 0.4) is 0 Å². The lowest BCUT2D eigenvalue weighted by atomic mass is 10.1. The monoisotopic (exact) mass is 416 g/mol. The summed E-state index contributed by atoms with van der Waals surface area (Å²) in [6.45, 7) is 3.64. The second-order valence-corrected chi connectivity index (χ2v) is 6.28. The first kappa shape index (κ1) is 16.2. The van der Waals surface area contributed by atoms with Gasteiger partial charge in [-0.2, -0.15) is 0 Å². The van der Waals surface area contributed by atoms with Gasteiger partial charge in [0.1, 0.15) is 5.70 Å². The molecule has 0 saturated heterocycles. The van der Waals surface area contributed by atoms with Gasteiger partial charge in [-0.3, -0.25) is 14.5 Å². The zero-order valence-electron chi connectivity index (χ0n) is 11.5. The zero-order chi connectivity index (χ0) is 15.7. The van der Waals surface area contributed by atoms with Gasteiger partial charge in [0.25, 0.3) is 11.8 Å². The average Bonchev–Trinajstić information content (AvgIpc) is 2.70. The number of aliphatic hydroxyl groups excluding tert-OH is 1. The average molecular weight is 418 g/mol. The number of aliphatic hydroxyl groups is 1. The van der Waals surface area contributed by atoms with Gasteiger partial charge in [-0.25, -0.2) is 0 Å². The number of anilines is 1. The molecule has 1 aromatic carbocycles. The van der Waals surface area contributed by atoms with E-state index < -0.39 is 11.8 Å². The standard InChI is InChI=1S/C14H14Br2N2O3/c1-7-5-9(13(16)8(2)12(7)15)17-10-6-11(20)18(3-4-19)14(10)21/h5-6,17,19H,3-4H2,1-2H3. The van der Waals surface area contributed by atoms with Gasteiger partial charge in [-0.15, -0.1) is 0 Å². The molecule has 2 amide bonds. The molecule has 0 aromatic heterocycles. The van der Waals surface area contributed by atoms with Crippen molar-refractivity contribution in [2.24, 2.45) is 0 Å². The number of carbonyl (C=O) groups excluding carboxylic acids is 2. The van der Waals surface area contributed by atoms with Crippen LogP contribution >= 0.6 is 31.9 Å². The molecule has 112 valence electrons. The van der Waals surface area contributed by atoms with Gasteiger partial charge < -0.3 is 10.4 Å². The summed E-state index contributed by atoms with van der Waals surface area (Å²) in [5, 5.41) is 11.9. The molecule has 0 atom stereocenters. The highest BCUT2D eigenvalue weighted by atomic mass is 79.9. The highest BCUT2D eigenvalue weighted by Crippen LogP contribution is 2.35. The fraction of sp³-hybridized carbons (Fsp3) is 0.286. The molecular weight excluding hydrogens is 404 g/mol. The molecule has 1 aliphatic rings. The van der Waals surface area contributed by atoms with E-state index in [2.05, 4.69) is 37.2 Å². The van der Waals surface area contributed by atoms with Crippen molar-refractivity contribution in [1.82, 2.24) is 4.90 Å². The number of benzene rings is 1. The summed E-state index contributed by atoms with van der Waals surface area (Å²) in [4.78, 5) is 24.8. The number of carbonyl (C=O) groups is 2. The van der Waals surface area contributed by atoms with E-state index in [1.54, 1.807) is 0 Å². The molecule has 0 saturated carbocycles. The number of nitrogens with one attached hydrogen (secondary N) is 1. The summed E-state index contributed by atoms with van der Waals surface area (Å²) in [6, 6.07) is 1.88. The third-order valence-electron chi connectivity index (χ3n) is 3.20. The number of aryl methyl sites for hydroxylation is 1. The molecule has 1 aromatic rings. The Morgan fingerprint density at radius 2 is 1.90 bits per heavy atom. The Balaban J connectivity index is 2.30. The molecule has 5 nitrogen and oxygen atoms in total. The molecule has 0 fully saturated rings. The Labute approximate surface area is 139 Å². The van der Waals surface area contributed by atoms with Crippen LogP contribution in [0.5, 0.6) is 0 Å². The van der Waals surface area contributed by atoms with Crippen molar-refractivity contribution in [3.05, 3.63) is 37.9 Å². The van der Waals surface area contributed by atoms with E-state index >= 15 is 0 Å². The summed E-state index contributed by atoms with van der Waals surface area (Å²) in [5.41, 5.74) is 2.94. The first-order valence-corrected chi connectivity index (χ1v) is 7.86. The molecule has 2 rings (SSSR count). The third kappa shape index (κ3) is 3.04. The van der Waals surface area contributed by atoms with E-state index in [0.717, 1.165) is 25.0 Å². The van der Waals surface area contributed by atoms with E-state index in [1.807, 2.05) is 19.9 Å². The third-order valence-corrected chi connectivity index (χ3v) is 5.45. The van der Waals surface area contributed by atoms with Gasteiger partial charge in [0.15, 0.2) is 0 Å². The fourth-order valence-corrected chi connectivity index (χ4v) is 3.07. The molecule has 0 unspecified atom stereocenters. The van der Waals surface area contributed by atoms with Crippen LogP contribution < -0.4 is 5.32 Å². The van der Waals surface area contributed by atoms with Crippen molar-refractivity contribution in [3.63, 3.8) is 0 Å². The minimum atomic E-state index is -0.431. The number of halogens is 2. The lowest BCUT2D eigenvalue weighted by Crippen LogP contribution is -2.34. The Kier molecular flexibility index (Phi) is 4.85. The predicted molar refractivity (Wildman–Crippen MR) is 86.8 cm³/mol. The summed E-state index contributed by atoms with van der Waals surface area (Å²) in [7, 11) is 0. The Morgan fingerprint density at radius 1 is 1.24 bits per heavy atom. The molecule has 2 N–H and O–H groups in total. The number of imide groups is 1. The molecule has 7 heteroatoms. The zero-order valence-corrected chi connectivity index (χ0v) is 14.7. The quantitative estimate of drug-likeness (QED) is 0.738. The van der Waals surface area contributed by atoms with E-state index in [4.69, 9.17) is 5.11 Å². The molecule has 1 heterocycles.